The molecule has 2 N–H and O–H groups in total. The summed E-state index contributed by atoms with van der Waals surface area (Å²) in [5, 5.41) is 3.44. The predicted molar refractivity (Wildman–Crippen MR) is 153 cm³/mol. The van der Waals surface area contributed by atoms with Gasteiger partial charge in [0.25, 0.3) is 15.9 Å². The number of nitrogens with zero attached hydrogens (tertiary/aromatic N) is 3. The summed E-state index contributed by atoms with van der Waals surface area (Å²) >= 11 is 0. The number of nitrogens with one attached hydrogen (secondary N) is 2. The Morgan fingerprint density at radius 2 is 1.77 bits per heavy atom. The first kappa shape index (κ1) is 28.5. The van der Waals surface area contributed by atoms with Crippen molar-refractivity contribution >= 4 is 21.9 Å². The number of rotatable bonds is 5. The molecule has 0 aliphatic carbocycles. The highest BCUT2D eigenvalue weighted by Gasteiger charge is 2.25. The number of carbonyl (C=O) groups is 1. The standard InChI is InChI=1S/C29H37N5O4S/c1-19-9-7-10-20(2)26(19)24-16-25-32-28(31-24)33-39(36,37)23-12-8-11-21(15-23)27(35)34(6)18-22(38-25)17-30-14-13-29(3,4)5/h7-12,15-16,22,30H,13-14,17-18H2,1-6H3,(H,31,32,33)/t22-/m0/s1. The molecule has 1 amide bonds. The number of aryl methyl sites for hydroxylation is 2. The maximum absolute atomic E-state index is 13.3. The van der Waals surface area contributed by atoms with Crippen LogP contribution in [0.5, 0.6) is 5.88 Å². The van der Waals surface area contributed by atoms with Crippen LogP contribution in [0.15, 0.2) is 53.4 Å². The minimum atomic E-state index is -4.08. The van der Waals surface area contributed by atoms with Crippen molar-refractivity contribution in [1.82, 2.24) is 20.2 Å². The molecule has 1 aliphatic rings. The lowest BCUT2D eigenvalue weighted by Gasteiger charge is -2.26. The maximum Gasteiger partial charge on any atom is 0.264 e. The van der Waals surface area contributed by atoms with Crippen LogP contribution in [0.3, 0.4) is 0 Å². The molecular formula is C29H37N5O4S. The second-order valence-corrected chi connectivity index (χ2v) is 12.9. The summed E-state index contributed by atoms with van der Waals surface area (Å²) in [7, 11) is -2.40. The van der Waals surface area contributed by atoms with Crippen LogP contribution in [-0.4, -0.2) is 62.0 Å². The van der Waals surface area contributed by atoms with Crippen molar-refractivity contribution < 1.29 is 17.9 Å². The molecule has 0 saturated heterocycles. The summed E-state index contributed by atoms with van der Waals surface area (Å²) < 4.78 is 35.4. The van der Waals surface area contributed by atoms with Gasteiger partial charge in [0.1, 0.15) is 6.10 Å². The molecule has 1 atom stereocenters. The highest BCUT2D eigenvalue weighted by molar-refractivity contribution is 7.92. The zero-order valence-corrected chi connectivity index (χ0v) is 24.2. The van der Waals surface area contributed by atoms with Crippen LogP contribution in [0.1, 0.15) is 48.7 Å². The Bertz CT molecular complexity index is 1450. The van der Waals surface area contributed by atoms with E-state index in [2.05, 4.69) is 40.8 Å². The average molecular weight is 552 g/mol. The monoisotopic (exact) mass is 551 g/mol. The molecule has 9 nitrogen and oxygen atoms in total. The number of fused-ring (bicyclic) bond motifs is 4. The molecule has 2 aromatic carbocycles. The predicted octanol–water partition coefficient (Wildman–Crippen LogP) is 4.42. The van der Waals surface area contributed by atoms with E-state index in [9.17, 15) is 13.2 Å². The van der Waals surface area contributed by atoms with Gasteiger partial charge in [-0.05, 0) is 61.6 Å². The lowest BCUT2D eigenvalue weighted by atomic mass is 9.92. The fourth-order valence-corrected chi connectivity index (χ4v) is 5.49. The van der Waals surface area contributed by atoms with E-state index >= 15 is 0 Å². The normalized spacial score (nSPS) is 17.3. The molecule has 0 spiro atoms. The van der Waals surface area contributed by atoms with E-state index in [0.29, 0.717) is 12.2 Å². The van der Waals surface area contributed by atoms with Crippen LogP contribution in [-0.2, 0) is 10.0 Å². The van der Waals surface area contributed by atoms with Crippen LogP contribution >= 0.6 is 0 Å². The molecule has 2 heterocycles. The Balaban J connectivity index is 1.79. The van der Waals surface area contributed by atoms with E-state index in [-0.39, 0.29) is 40.2 Å². The van der Waals surface area contributed by atoms with Gasteiger partial charge in [-0.15, -0.1) is 0 Å². The fourth-order valence-electron chi connectivity index (χ4n) is 4.50. The minimum Gasteiger partial charge on any atom is -0.471 e. The minimum absolute atomic E-state index is 0.0510. The second-order valence-electron chi connectivity index (χ2n) is 11.3. The second kappa shape index (κ2) is 11.3. The Morgan fingerprint density at radius 1 is 1.08 bits per heavy atom. The number of hydrogen-bond acceptors (Lipinski definition) is 7. The fraction of sp³-hybridized carbons (Fsp3) is 0.414. The van der Waals surface area contributed by atoms with Gasteiger partial charge in [-0.1, -0.05) is 45.0 Å². The van der Waals surface area contributed by atoms with Crippen molar-refractivity contribution in [2.24, 2.45) is 5.41 Å². The van der Waals surface area contributed by atoms with Crippen molar-refractivity contribution in [3.8, 4) is 17.1 Å². The quantitative estimate of drug-likeness (QED) is 0.451. The van der Waals surface area contributed by atoms with E-state index in [1.807, 2.05) is 32.0 Å². The summed E-state index contributed by atoms with van der Waals surface area (Å²) in [5.41, 5.74) is 3.84. The molecule has 1 aromatic heterocycles. The van der Waals surface area contributed by atoms with Gasteiger partial charge in [0, 0.05) is 30.8 Å². The van der Waals surface area contributed by atoms with Gasteiger partial charge in [-0.2, -0.15) is 4.98 Å². The van der Waals surface area contributed by atoms with Crippen LogP contribution < -0.4 is 14.8 Å². The first-order chi connectivity index (χ1) is 18.3. The summed E-state index contributed by atoms with van der Waals surface area (Å²) in [4.78, 5) is 23.7. The number of ether oxygens (including phenoxy) is 1. The third-order valence-electron chi connectivity index (χ3n) is 6.59. The zero-order valence-electron chi connectivity index (χ0n) is 23.4. The van der Waals surface area contributed by atoms with Crippen molar-refractivity contribution in [3.05, 3.63) is 65.2 Å². The van der Waals surface area contributed by atoms with E-state index < -0.39 is 16.1 Å². The van der Waals surface area contributed by atoms with Gasteiger partial charge in [0.05, 0.1) is 17.1 Å². The lowest BCUT2D eigenvalue weighted by molar-refractivity contribution is 0.0706. The van der Waals surface area contributed by atoms with Crippen LogP contribution in [0.25, 0.3) is 11.3 Å². The number of amides is 1. The van der Waals surface area contributed by atoms with Gasteiger partial charge in [-0.3, -0.25) is 4.79 Å². The molecular weight excluding hydrogens is 514 g/mol. The maximum atomic E-state index is 13.3. The van der Waals surface area contributed by atoms with Crippen molar-refractivity contribution in [2.75, 3.05) is 31.4 Å². The first-order valence-electron chi connectivity index (χ1n) is 13.0. The van der Waals surface area contributed by atoms with Crippen LogP contribution in [0.2, 0.25) is 0 Å². The van der Waals surface area contributed by atoms with E-state index in [4.69, 9.17) is 4.74 Å². The number of aromatic nitrogens is 2. The van der Waals surface area contributed by atoms with Gasteiger partial charge >= 0.3 is 0 Å². The van der Waals surface area contributed by atoms with E-state index in [0.717, 1.165) is 29.7 Å². The van der Waals surface area contributed by atoms with Gasteiger partial charge < -0.3 is 15.0 Å². The molecule has 39 heavy (non-hydrogen) atoms. The molecule has 4 rings (SSSR count). The molecule has 1 aliphatic heterocycles. The van der Waals surface area contributed by atoms with Crippen molar-refractivity contribution in [2.45, 2.75) is 52.0 Å². The topological polar surface area (TPSA) is 114 Å². The summed E-state index contributed by atoms with van der Waals surface area (Å²) in [6.07, 6.45) is 0.519. The SMILES string of the molecule is Cc1cccc(C)c1-c1cc2nc(n1)NS(=O)(=O)c1cccc(c1)C(=O)N(C)C[C@H](CNCCC(C)(C)C)O2. The number of hydrogen-bond donors (Lipinski definition) is 2. The third-order valence-corrected chi connectivity index (χ3v) is 7.92. The molecule has 0 saturated carbocycles. The van der Waals surface area contributed by atoms with E-state index in [1.165, 1.54) is 12.1 Å². The Labute approximate surface area is 231 Å². The summed E-state index contributed by atoms with van der Waals surface area (Å²) in [6, 6.07) is 13.6. The molecule has 3 aromatic rings. The summed E-state index contributed by atoms with van der Waals surface area (Å²) in [5.74, 6) is -0.188. The number of anilines is 1. The van der Waals surface area contributed by atoms with Crippen LogP contribution in [0.4, 0.5) is 5.95 Å². The van der Waals surface area contributed by atoms with Gasteiger partial charge in [-0.25, -0.2) is 18.1 Å². The lowest BCUT2D eigenvalue weighted by Crippen LogP contribution is -2.43. The molecule has 0 unspecified atom stereocenters. The number of carbonyl (C=O) groups excluding carboxylic acids is 1. The first-order valence-corrected chi connectivity index (χ1v) is 14.5. The molecule has 4 bridgehead atoms. The largest absolute Gasteiger partial charge is 0.471 e. The Morgan fingerprint density at radius 3 is 2.46 bits per heavy atom. The Kier molecular flexibility index (Phi) is 8.27. The highest BCUT2D eigenvalue weighted by Crippen LogP contribution is 2.30. The summed E-state index contributed by atoms with van der Waals surface area (Å²) in [6.45, 7) is 12.0. The number of sulfonamides is 1. The molecule has 10 heteroatoms. The average Bonchev–Trinajstić information content (AvgIpc) is 2.85. The zero-order chi connectivity index (χ0) is 28.4. The number of benzene rings is 2. The van der Waals surface area contributed by atoms with Crippen molar-refractivity contribution in [3.63, 3.8) is 0 Å². The molecule has 0 fully saturated rings. The smallest absolute Gasteiger partial charge is 0.264 e. The Hall–Kier alpha value is -3.50. The molecule has 208 valence electrons. The highest BCUT2D eigenvalue weighted by atomic mass is 32.2. The van der Waals surface area contributed by atoms with Crippen LogP contribution in [0, 0.1) is 19.3 Å². The third kappa shape index (κ3) is 7.13. The van der Waals surface area contributed by atoms with Crippen molar-refractivity contribution in [1.29, 1.82) is 0 Å². The van der Waals surface area contributed by atoms with Gasteiger partial charge in [0.2, 0.25) is 11.8 Å². The molecule has 0 radical (unpaired) electrons. The number of likely N-dealkylation sites (N-methyl/N-ethyl adjacent to an activating group) is 1. The van der Waals surface area contributed by atoms with Gasteiger partial charge in [0.15, 0.2) is 0 Å². The van der Waals surface area contributed by atoms with E-state index in [1.54, 1.807) is 30.1 Å².